The highest BCUT2D eigenvalue weighted by atomic mass is 16.5. The van der Waals surface area contributed by atoms with Gasteiger partial charge in [-0.25, -0.2) is 9.78 Å². The van der Waals surface area contributed by atoms with Gasteiger partial charge in [0.05, 0.1) is 13.2 Å². The highest BCUT2D eigenvalue weighted by molar-refractivity contribution is 5.88. The molecule has 2 heterocycles. The van der Waals surface area contributed by atoms with Crippen LogP contribution in [0, 0.1) is 0 Å². The number of carboxylic acids is 1. The van der Waals surface area contributed by atoms with E-state index in [1.165, 1.54) is 24.7 Å². The number of ether oxygens (including phenoxy) is 1. The van der Waals surface area contributed by atoms with Gasteiger partial charge in [-0.15, -0.1) is 0 Å². The molecule has 0 spiro atoms. The van der Waals surface area contributed by atoms with Gasteiger partial charge in [-0.1, -0.05) is 0 Å². The Bertz CT molecular complexity index is 476. The van der Waals surface area contributed by atoms with Crippen LogP contribution in [0.25, 0.3) is 0 Å². The minimum atomic E-state index is -1.23. The van der Waals surface area contributed by atoms with E-state index in [4.69, 9.17) is 4.74 Å². The van der Waals surface area contributed by atoms with Crippen LogP contribution >= 0.6 is 0 Å². The third-order valence-corrected chi connectivity index (χ3v) is 3.59. The van der Waals surface area contributed by atoms with E-state index in [2.05, 4.69) is 10.1 Å². The second-order valence-electron chi connectivity index (χ2n) is 4.83. The van der Waals surface area contributed by atoms with Crippen LogP contribution in [0.1, 0.15) is 19.3 Å². The molecule has 0 aliphatic carbocycles. The van der Waals surface area contributed by atoms with Gasteiger partial charge in [-0.2, -0.15) is 5.10 Å². The minimum absolute atomic E-state index is 0.0113. The molecule has 1 saturated heterocycles. The van der Waals surface area contributed by atoms with Crippen LogP contribution in [0.4, 0.5) is 0 Å². The average Bonchev–Trinajstić information content (AvgIpc) is 3.06. The van der Waals surface area contributed by atoms with Crippen molar-refractivity contribution < 1.29 is 19.4 Å². The summed E-state index contributed by atoms with van der Waals surface area (Å²) in [5, 5.41) is 13.4. The molecule has 1 aromatic heterocycles. The highest BCUT2D eigenvalue weighted by Crippen LogP contribution is 2.30. The Hall–Kier alpha value is -1.96. The van der Waals surface area contributed by atoms with Gasteiger partial charge in [0.1, 0.15) is 12.7 Å². The first-order chi connectivity index (χ1) is 9.60. The van der Waals surface area contributed by atoms with Crippen molar-refractivity contribution in [3.05, 3.63) is 12.7 Å². The molecule has 2 rings (SSSR count). The van der Waals surface area contributed by atoms with Crippen molar-refractivity contribution in [3.8, 4) is 0 Å². The molecular formula is C12H18N4O4. The molecule has 1 aromatic rings. The molecule has 1 atom stereocenters. The third-order valence-electron chi connectivity index (χ3n) is 3.59. The summed E-state index contributed by atoms with van der Waals surface area (Å²) >= 11 is 0. The van der Waals surface area contributed by atoms with Crippen molar-refractivity contribution in [2.24, 2.45) is 0 Å². The number of aliphatic carboxylic acids is 1. The smallest absolute Gasteiger partial charge is 0.332 e. The Labute approximate surface area is 116 Å². The van der Waals surface area contributed by atoms with Gasteiger partial charge in [-0.05, 0) is 12.8 Å². The standard InChI is InChI=1S/C12H18N4O4/c1-20-7-12(11(18)19)4-2-5-16(12)10(17)3-6-15-9-13-8-14-15/h8-9H,2-7H2,1H3,(H,18,19). The van der Waals surface area contributed by atoms with Crippen LogP contribution in [0.2, 0.25) is 0 Å². The number of aryl methyl sites for hydroxylation is 1. The largest absolute Gasteiger partial charge is 0.479 e. The second-order valence-corrected chi connectivity index (χ2v) is 4.83. The predicted molar refractivity (Wildman–Crippen MR) is 67.8 cm³/mol. The molecule has 20 heavy (non-hydrogen) atoms. The summed E-state index contributed by atoms with van der Waals surface area (Å²) in [6.45, 7) is 0.848. The maximum Gasteiger partial charge on any atom is 0.332 e. The molecule has 1 fully saturated rings. The lowest BCUT2D eigenvalue weighted by Crippen LogP contribution is -2.56. The molecule has 0 bridgehead atoms. The molecule has 8 nitrogen and oxygen atoms in total. The summed E-state index contributed by atoms with van der Waals surface area (Å²) in [5.41, 5.74) is -1.23. The van der Waals surface area contributed by atoms with Crippen molar-refractivity contribution in [3.63, 3.8) is 0 Å². The van der Waals surface area contributed by atoms with E-state index in [0.717, 1.165) is 0 Å². The topological polar surface area (TPSA) is 97.6 Å². The van der Waals surface area contributed by atoms with E-state index in [-0.39, 0.29) is 18.9 Å². The quantitative estimate of drug-likeness (QED) is 0.773. The summed E-state index contributed by atoms with van der Waals surface area (Å²) in [6, 6.07) is 0. The number of carboxylic acid groups (broad SMARTS) is 1. The van der Waals surface area contributed by atoms with Crippen LogP contribution in [-0.2, 0) is 20.9 Å². The molecule has 1 aliphatic rings. The van der Waals surface area contributed by atoms with Gasteiger partial charge < -0.3 is 14.7 Å². The van der Waals surface area contributed by atoms with E-state index in [1.807, 2.05) is 0 Å². The monoisotopic (exact) mass is 282 g/mol. The molecular weight excluding hydrogens is 264 g/mol. The molecule has 1 unspecified atom stereocenters. The molecule has 0 saturated carbocycles. The first kappa shape index (κ1) is 14.4. The van der Waals surface area contributed by atoms with Gasteiger partial charge in [0, 0.05) is 20.1 Å². The molecule has 1 aliphatic heterocycles. The Morgan fingerprint density at radius 1 is 1.50 bits per heavy atom. The maximum absolute atomic E-state index is 12.3. The average molecular weight is 282 g/mol. The van der Waals surface area contributed by atoms with Crippen molar-refractivity contribution in [2.45, 2.75) is 31.3 Å². The van der Waals surface area contributed by atoms with Gasteiger partial charge in [0.15, 0.2) is 5.54 Å². The van der Waals surface area contributed by atoms with E-state index < -0.39 is 11.5 Å². The van der Waals surface area contributed by atoms with Gasteiger partial charge in [0.25, 0.3) is 0 Å². The van der Waals surface area contributed by atoms with E-state index in [1.54, 1.807) is 4.68 Å². The fourth-order valence-electron chi connectivity index (χ4n) is 2.61. The zero-order valence-electron chi connectivity index (χ0n) is 11.4. The van der Waals surface area contributed by atoms with Crippen molar-refractivity contribution >= 4 is 11.9 Å². The van der Waals surface area contributed by atoms with Crippen molar-refractivity contribution in [1.82, 2.24) is 19.7 Å². The lowest BCUT2D eigenvalue weighted by atomic mass is 9.97. The van der Waals surface area contributed by atoms with Crippen LogP contribution in [0.5, 0.6) is 0 Å². The fraction of sp³-hybridized carbons (Fsp3) is 0.667. The summed E-state index contributed by atoms with van der Waals surface area (Å²) in [7, 11) is 1.45. The Kier molecular flexibility index (Phi) is 4.33. The summed E-state index contributed by atoms with van der Waals surface area (Å²) in [6.07, 6.45) is 4.21. The lowest BCUT2D eigenvalue weighted by Gasteiger charge is -2.34. The predicted octanol–water partition coefficient (Wildman–Crippen LogP) is -0.240. The molecule has 0 aromatic carbocycles. The first-order valence-electron chi connectivity index (χ1n) is 6.45. The molecule has 110 valence electrons. The van der Waals surface area contributed by atoms with Crippen molar-refractivity contribution in [2.75, 3.05) is 20.3 Å². The van der Waals surface area contributed by atoms with Crippen molar-refractivity contribution in [1.29, 1.82) is 0 Å². The number of hydrogen-bond acceptors (Lipinski definition) is 5. The Morgan fingerprint density at radius 3 is 2.90 bits per heavy atom. The van der Waals surface area contributed by atoms with Gasteiger partial charge in [0.2, 0.25) is 5.91 Å². The molecule has 8 heteroatoms. The minimum Gasteiger partial charge on any atom is -0.479 e. The highest BCUT2D eigenvalue weighted by Gasteiger charge is 2.49. The number of rotatable bonds is 6. The van der Waals surface area contributed by atoms with Crippen LogP contribution in [0.15, 0.2) is 12.7 Å². The maximum atomic E-state index is 12.3. The van der Waals surface area contributed by atoms with Crippen LogP contribution < -0.4 is 0 Å². The number of methoxy groups -OCH3 is 1. The number of aromatic nitrogens is 3. The normalized spacial score (nSPS) is 22.1. The van der Waals surface area contributed by atoms with E-state index >= 15 is 0 Å². The second kappa shape index (κ2) is 6.00. The number of amides is 1. The number of carbonyl (C=O) groups excluding carboxylic acids is 1. The van der Waals surface area contributed by atoms with E-state index in [0.29, 0.717) is 25.9 Å². The first-order valence-corrected chi connectivity index (χ1v) is 6.45. The number of carbonyl (C=O) groups is 2. The lowest BCUT2D eigenvalue weighted by molar-refractivity contribution is -0.160. The number of nitrogens with zero attached hydrogens (tertiary/aromatic N) is 4. The fourth-order valence-corrected chi connectivity index (χ4v) is 2.61. The van der Waals surface area contributed by atoms with E-state index in [9.17, 15) is 14.7 Å². The molecule has 0 radical (unpaired) electrons. The summed E-state index contributed by atoms with van der Waals surface area (Å²) in [5.74, 6) is -1.21. The molecule has 1 N–H and O–H groups in total. The van der Waals surface area contributed by atoms with Gasteiger partial charge in [-0.3, -0.25) is 9.48 Å². The number of hydrogen-bond donors (Lipinski definition) is 1. The molecule has 1 amide bonds. The SMILES string of the molecule is COCC1(C(=O)O)CCCN1C(=O)CCn1cncn1. The zero-order valence-corrected chi connectivity index (χ0v) is 11.4. The summed E-state index contributed by atoms with van der Waals surface area (Å²) in [4.78, 5) is 29.1. The third kappa shape index (κ3) is 2.64. The zero-order chi connectivity index (χ0) is 14.6. The summed E-state index contributed by atoms with van der Waals surface area (Å²) < 4.78 is 6.57. The van der Waals surface area contributed by atoms with Crippen LogP contribution in [-0.4, -0.2) is 62.4 Å². The van der Waals surface area contributed by atoms with Crippen LogP contribution in [0.3, 0.4) is 0 Å². The number of likely N-dealkylation sites (tertiary alicyclic amines) is 1. The Balaban J connectivity index is 2.05. The van der Waals surface area contributed by atoms with Gasteiger partial charge >= 0.3 is 5.97 Å². The Morgan fingerprint density at radius 2 is 2.30 bits per heavy atom.